The number of anilines is 3. The van der Waals surface area contributed by atoms with Crippen LogP contribution < -0.4 is 4.90 Å². The number of fused-ring (bicyclic) bond motifs is 7. The van der Waals surface area contributed by atoms with Crippen molar-refractivity contribution in [3.8, 4) is 44.5 Å². The van der Waals surface area contributed by atoms with Crippen LogP contribution in [0.5, 0.6) is 0 Å². The molecule has 0 bridgehead atoms. The number of para-hydroxylation sites is 1. The molecule has 0 amide bonds. The molecule has 1 aliphatic carbocycles. The molecule has 0 unspecified atom stereocenters. The highest BCUT2D eigenvalue weighted by Crippen LogP contribution is 2.58. The van der Waals surface area contributed by atoms with E-state index in [2.05, 4.69) is 278 Å². The fourth-order valence-corrected chi connectivity index (χ4v) is 11.4. The molecule has 12 aromatic rings. The molecule has 12 aromatic carbocycles. The largest absolute Gasteiger partial charge is 0.310 e. The molecule has 68 heavy (non-hydrogen) atoms. The Bertz CT molecular complexity index is 3800. The van der Waals surface area contributed by atoms with Gasteiger partial charge < -0.3 is 4.90 Å². The first-order chi connectivity index (χ1) is 33.8. The summed E-state index contributed by atoms with van der Waals surface area (Å²) >= 11 is 0. The van der Waals surface area contributed by atoms with E-state index in [9.17, 15) is 0 Å². The van der Waals surface area contributed by atoms with E-state index in [1.54, 1.807) is 0 Å². The first-order valence-corrected chi connectivity index (χ1v) is 23.6. The van der Waals surface area contributed by atoms with Gasteiger partial charge in [-0.1, -0.05) is 237 Å². The van der Waals surface area contributed by atoms with Crippen LogP contribution >= 0.6 is 0 Å². The lowest BCUT2D eigenvalue weighted by atomic mass is 9.67. The van der Waals surface area contributed by atoms with Crippen molar-refractivity contribution >= 4 is 49.4 Å². The molecule has 0 aliphatic heterocycles. The predicted octanol–water partition coefficient (Wildman–Crippen LogP) is 18.0. The van der Waals surface area contributed by atoms with Crippen molar-refractivity contribution in [1.29, 1.82) is 0 Å². The van der Waals surface area contributed by atoms with Crippen LogP contribution in [0, 0.1) is 0 Å². The van der Waals surface area contributed by atoms with Crippen molar-refractivity contribution in [2.75, 3.05) is 4.90 Å². The third-order valence-electron chi connectivity index (χ3n) is 14.3. The lowest BCUT2D eigenvalue weighted by Crippen LogP contribution is -2.28. The second-order valence-electron chi connectivity index (χ2n) is 17.9. The number of benzene rings is 12. The lowest BCUT2D eigenvalue weighted by molar-refractivity contribution is 0.768. The minimum atomic E-state index is -0.537. The summed E-state index contributed by atoms with van der Waals surface area (Å²) in [7, 11) is 0. The second-order valence-corrected chi connectivity index (χ2v) is 17.9. The van der Waals surface area contributed by atoms with Gasteiger partial charge in [0.05, 0.1) is 11.1 Å². The molecular weight excluding hydrogens is 819 g/mol. The number of hydrogen-bond donors (Lipinski definition) is 0. The maximum atomic E-state index is 2.49. The molecule has 0 N–H and O–H groups in total. The second kappa shape index (κ2) is 16.3. The first kappa shape index (κ1) is 39.6. The summed E-state index contributed by atoms with van der Waals surface area (Å²) in [5.41, 5.74) is 17.6. The summed E-state index contributed by atoms with van der Waals surface area (Å²) in [6.45, 7) is 0. The summed E-state index contributed by atoms with van der Waals surface area (Å²) in [5, 5.41) is 7.37. The zero-order chi connectivity index (χ0) is 45.0. The number of rotatable bonds is 8. The van der Waals surface area contributed by atoms with Gasteiger partial charge in [0.25, 0.3) is 0 Å². The highest BCUT2D eigenvalue weighted by Gasteiger charge is 2.46. The monoisotopic (exact) mass is 863 g/mol. The van der Waals surface area contributed by atoms with Crippen LogP contribution in [-0.4, -0.2) is 0 Å². The Hall–Kier alpha value is -8.78. The van der Waals surface area contributed by atoms with Gasteiger partial charge in [-0.05, 0) is 130 Å². The van der Waals surface area contributed by atoms with Crippen LogP contribution in [-0.2, 0) is 5.41 Å². The maximum absolute atomic E-state index is 2.49. The quantitative estimate of drug-likeness (QED) is 0.138. The third kappa shape index (κ3) is 6.24. The van der Waals surface area contributed by atoms with Gasteiger partial charge in [-0.25, -0.2) is 0 Å². The van der Waals surface area contributed by atoms with Crippen LogP contribution in [0.15, 0.2) is 273 Å². The van der Waals surface area contributed by atoms with Crippen LogP contribution in [0.3, 0.4) is 0 Å². The Morgan fingerprint density at radius 3 is 1.47 bits per heavy atom. The summed E-state index contributed by atoms with van der Waals surface area (Å²) in [5.74, 6) is 0. The Morgan fingerprint density at radius 1 is 0.265 bits per heavy atom. The molecule has 1 heteroatoms. The molecule has 13 rings (SSSR count). The number of hydrogen-bond acceptors (Lipinski definition) is 1. The first-order valence-electron chi connectivity index (χ1n) is 23.6. The van der Waals surface area contributed by atoms with Crippen molar-refractivity contribution in [3.05, 3.63) is 295 Å². The molecule has 0 saturated heterocycles. The average molecular weight is 864 g/mol. The van der Waals surface area contributed by atoms with E-state index < -0.39 is 5.41 Å². The molecule has 1 nitrogen and oxygen atoms in total. The Morgan fingerprint density at radius 2 is 0.765 bits per heavy atom. The fraction of sp³-hybridized carbons (Fsp3) is 0.0149. The van der Waals surface area contributed by atoms with Gasteiger partial charge in [0.15, 0.2) is 0 Å². The maximum Gasteiger partial charge on any atom is 0.0714 e. The fourth-order valence-electron chi connectivity index (χ4n) is 11.4. The van der Waals surface area contributed by atoms with Gasteiger partial charge in [-0.2, -0.15) is 0 Å². The standard InChI is InChI=1S/C67H45N/c1-5-22-47(23-6-1)65-60-34-16-15-32-56(60)57-41-38-50(44-61(57)66(65)48-24-7-2-8-25-48)55-31-18-20-36-64(55)68(53-39-37-46-21-13-14-26-49(46)43-53)54-40-42-59-58-33-17-19-35-62(58)67(63(59)45-54,51-27-9-3-10-28-51)52-29-11-4-12-30-52/h1-45H. The SMILES string of the molecule is c1ccc(-c2c(-c3ccccc3)c3cc(-c4ccccc4N(c4ccc5c(c4)C(c4ccccc4)(c4ccccc4)c4ccccc4-5)c4ccc5ccccc5c4)ccc3c3ccccc23)cc1. The average Bonchev–Trinajstić information content (AvgIpc) is 3.72. The van der Waals surface area contributed by atoms with Crippen LogP contribution in [0.2, 0.25) is 0 Å². The molecule has 1 aliphatic rings. The van der Waals surface area contributed by atoms with Crippen LogP contribution in [0.4, 0.5) is 17.1 Å². The van der Waals surface area contributed by atoms with Gasteiger partial charge >= 0.3 is 0 Å². The zero-order valence-electron chi connectivity index (χ0n) is 37.4. The molecule has 318 valence electrons. The summed E-state index contributed by atoms with van der Waals surface area (Å²) in [6, 6.07) is 101. The summed E-state index contributed by atoms with van der Waals surface area (Å²) < 4.78 is 0. The molecular formula is C67H45N. The molecule has 0 heterocycles. The van der Waals surface area contributed by atoms with E-state index in [4.69, 9.17) is 0 Å². The molecule has 0 saturated carbocycles. The number of nitrogens with zero attached hydrogens (tertiary/aromatic N) is 1. The Labute approximate surface area is 397 Å². The molecule has 0 aromatic heterocycles. The summed E-state index contributed by atoms with van der Waals surface area (Å²) in [6.07, 6.45) is 0. The van der Waals surface area contributed by atoms with Crippen molar-refractivity contribution in [2.45, 2.75) is 5.41 Å². The third-order valence-corrected chi connectivity index (χ3v) is 14.3. The van der Waals surface area contributed by atoms with Crippen molar-refractivity contribution in [1.82, 2.24) is 0 Å². The minimum Gasteiger partial charge on any atom is -0.310 e. The van der Waals surface area contributed by atoms with Crippen molar-refractivity contribution < 1.29 is 0 Å². The van der Waals surface area contributed by atoms with E-state index in [-0.39, 0.29) is 0 Å². The summed E-state index contributed by atoms with van der Waals surface area (Å²) in [4.78, 5) is 2.49. The van der Waals surface area contributed by atoms with E-state index in [0.717, 1.165) is 28.2 Å². The van der Waals surface area contributed by atoms with E-state index in [1.165, 1.54) is 88.0 Å². The molecule has 0 atom stereocenters. The molecule has 0 spiro atoms. The Kier molecular flexibility index (Phi) is 9.47. The van der Waals surface area contributed by atoms with Crippen molar-refractivity contribution in [2.24, 2.45) is 0 Å². The van der Waals surface area contributed by atoms with Gasteiger partial charge in [0.1, 0.15) is 0 Å². The van der Waals surface area contributed by atoms with Crippen LogP contribution in [0.1, 0.15) is 22.3 Å². The van der Waals surface area contributed by atoms with Gasteiger partial charge in [0.2, 0.25) is 0 Å². The topological polar surface area (TPSA) is 3.24 Å². The highest BCUT2D eigenvalue weighted by atomic mass is 15.1. The predicted molar refractivity (Wildman–Crippen MR) is 287 cm³/mol. The highest BCUT2D eigenvalue weighted by molar-refractivity contribution is 6.22. The lowest BCUT2D eigenvalue weighted by Gasteiger charge is -2.35. The minimum absolute atomic E-state index is 0.537. The zero-order valence-corrected chi connectivity index (χ0v) is 37.4. The van der Waals surface area contributed by atoms with Gasteiger partial charge in [0, 0.05) is 16.9 Å². The van der Waals surface area contributed by atoms with Gasteiger partial charge in [-0.3, -0.25) is 0 Å². The van der Waals surface area contributed by atoms with Gasteiger partial charge in [-0.15, -0.1) is 0 Å². The normalized spacial score (nSPS) is 12.5. The van der Waals surface area contributed by atoms with E-state index in [1.807, 2.05) is 0 Å². The molecule has 0 fully saturated rings. The smallest absolute Gasteiger partial charge is 0.0714 e. The van der Waals surface area contributed by atoms with Crippen LogP contribution in [0.25, 0.3) is 76.8 Å². The Balaban J connectivity index is 1.08. The van der Waals surface area contributed by atoms with Crippen molar-refractivity contribution in [3.63, 3.8) is 0 Å². The van der Waals surface area contributed by atoms with E-state index in [0.29, 0.717) is 0 Å². The molecule has 0 radical (unpaired) electrons. The van der Waals surface area contributed by atoms with E-state index >= 15 is 0 Å².